The molecule has 0 saturated carbocycles. The van der Waals surface area contributed by atoms with E-state index in [4.69, 9.17) is 9.47 Å². The maximum Gasteiger partial charge on any atom is 0.261 e. The van der Waals surface area contributed by atoms with Gasteiger partial charge in [-0.05, 0) is 23.6 Å². The predicted molar refractivity (Wildman–Crippen MR) is 122 cm³/mol. The number of benzene rings is 1. The Morgan fingerprint density at radius 1 is 1.15 bits per heavy atom. The number of ether oxygens (including phenoxy) is 2. The molecule has 0 saturated heterocycles. The van der Waals surface area contributed by atoms with Crippen LogP contribution >= 0.6 is 0 Å². The Balaban J connectivity index is 1.73. The maximum atomic E-state index is 12.9. The molecule has 0 radical (unpaired) electrons. The minimum atomic E-state index is -0.761. The van der Waals surface area contributed by atoms with Crippen molar-refractivity contribution in [1.29, 1.82) is 0 Å². The van der Waals surface area contributed by atoms with Gasteiger partial charge in [0.05, 0.1) is 31.4 Å². The first-order valence-corrected chi connectivity index (χ1v) is 10.4. The van der Waals surface area contributed by atoms with Crippen LogP contribution in [0, 0.1) is 5.92 Å². The van der Waals surface area contributed by atoms with Gasteiger partial charge in [0.1, 0.15) is 12.6 Å². The van der Waals surface area contributed by atoms with Crippen molar-refractivity contribution in [1.82, 2.24) is 25.2 Å². The highest BCUT2D eigenvalue weighted by Gasteiger charge is 2.24. The van der Waals surface area contributed by atoms with Crippen molar-refractivity contribution in [2.24, 2.45) is 5.92 Å². The quantitative estimate of drug-likeness (QED) is 0.500. The van der Waals surface area contributed by atoms with Crippen molar-refractivity contribution < 1.29 is 19.1 Å². The van der Waals surface area contributed by atoms with E-state index in [1.54, 1.807) is 24.5 Å². The van der Waals surface area contributed by atoms with Crippen LogP contribution in [0.1, 0.15) is 19.4 Å². The van der Waals surface area contributed by atoms with Crippen LogP contribution in [0.15, 0.2) is 47.8 Å². The van der Waals surface area contributed by atoms with Gasteiger partial charge >= 0.3 is 0 Å². The van der Waals surface area contributed by atoms with Crippen molar-refractivity contribution in [2.45, 2.75) is 33.0 Å². The molecule has 10 nitrogen and oxygen atoms in total. The Hall–Kier alpha value is -3.95. The van der Waals surface area contributed by atoms with Gasteiger partial charge in [0.25, 0.3) is 5.56 Å². The summed E-state index contributed by atoms with van der Waals surface area (Å²) in [5, 5.41) is 5.82. The van der Waals surface area contributed by atoms with E-state index in [0.29, 0.717) is 23.6 Å². The van der Waals surface area contributed by atoms with Crippen LogP contribution in [0.2, 0.25) is 0 Å². The summed E-state index contributed by atoms with van der Waals surface area (Å²) in [6.07, 6.45) is 4.61. The summed E-state index contributed by atoms with van der Waals surface area (Å²) in [5.41, 5.74) is 0.864. The Morgan fingerprint density at radius 3 is 2.52 bits per heavy atom. The summed E-state index contributed by atoms with van der Waals surface area (Å²) >= 11 is 0. The first-order chi connectivity index (χ1) is 15.8. The van der Waals surface area contributed by atoms with Gasteiger partial charge in [0.15, 0.2) is 11.5 Å². The molecule has 1 atom stereocenters. The molecule has 0 fully saturated rings. The van der Waals surface area contributed by atoms with Crippen LogP contribution < -0.4 is 25.7 Å². The topological polar surface area (TPSA) is 124 Å². The molecule has 0 aliphatic carbocycles. The predicted octanol–water partition coefficient (Wildman–Crippen LogP) is 1.27. The van der Waals surface area contributed by atoms with Crippen molar-refractivity contribution in [3.8, 4) is 11.5 Å². The number of amides is 2. The Bertz CT molecular complexity index is 1190. The number of nitrogens with zero attached hydrogens (tertiary/aromatic N) is 3. The third-order valence-electron chi connectivity index (χ3n) is 5.10. The lowest BCUT2D eigenvalue weighted by atomic mass is 10.0. The summed E-state index contributed by atoms with van der Waals surface area (Å²) in [5.74, 6) is -0.122. The van der Waals surface area contributed by atoms with Gasteiger partial charge in [0.2, 0.25) is 11.8 Å². The molecule has 1 aromatic carbocycles. The van der Waals surface area contributed by atoms with E-state index in [2.05, 4.69) is 20.6 Å². The van der Waals surface area contributed by atoms with Crippen LogP contribution in [-0.2, 0) is 22.7 Å². The van der Waals surface area contributed by atoms with Crippen LogP contribution in [0.4, 0.5) is 0 Å². The van der Waals surface area contributed by atoms with Crippen LogP contribution in [0.25, 0.3) is 10.9 Å². The lowest BCUT2D eigenvalue weighted by Gasteiger charge is -2.22. The fourth-order valence-corrected chi connectivity index (χ4v) is 3.31. The first-order valence-electron chi connectivity index (χ1n) is 10.4. The van der Waals surface area contributed by atoms with Crippen LogP contribution in [0.3, 0.4) is 0 Å². The average molecular weight is 453 g/mol. The lowest BCUT2D eigenvalue weighted by molar-refractivity contribution is -0.130. The second kappa shape index (κ2) is 10.6. The molecule has 0 bridgehead atoms. The van der Waals surface area contributed by atoms with Crippen LogP contribution in [0.5, 0.6) is 11.5 Å². The normalized spacial score (nSPS) is 11.8. The van der Waals surface area contributed by atoms with Crippen molar-refractivity contribution >= 4 is 22.7 Å². The molecule has 174 valence electrons. The van der Waals surface area contributed by atoms with E-state index in [1.807, 2.05) is 19.9 Å². The molecule has 0 spiro atoms. The largest absolute Gasteiger partial charge is 0.493 e. The number of nitrogens with one attached hydrogen (secondary N) is 2. The molecular formula is C23H27N5O5. The summed E-state index contributed by atoms with van der Waals surface area (Å²) in [6, 6.07) is 5.99. The highest BCUT2D eigenvalue weighted by Crippen LogP contribution is 2.29. The number of pyridine rings is 1. The second-order valence-electron chi connectivity index (χ2n) is 7.77. The van der Waals surface area contributed by atoms with Crippen LogP contribution in [-0.4, -0.2) is 46.6 Å². The van der Waals surface area contributed by atoms with E-state index in [9.17, 15) is 14.4 Å². The third-order valence-corrected chi connectivity index (χ3v) is 5.10. The fourth-order valence-electron chi connectivity index (χ4n) is 3.31. The number of hydrogen-bond acceptors (Lipinski definition) is 7. The van der Waals surface area contributed by atoms with Crippen molar-refractivity contribution in [3.05, 3.63) is 58.9 Å². The first kappa shape index (κ1) is 23.7. The van der Waals surface area contributed by atoms with Crippen molar-refractivity contribution in [2.75, 3.05) is 14.2 Å². The molecule has 0 aliphatic heterocycles. The summed E-state index contributed by atoms with van der Waals surface area (Å²) in [6.45, 7) is 3.68. The molecule has 0 aliphatic rings. The van der Waals surface area contributed by atoms with E-state index >= 15 is 0 Å². The van der Waals surface area contributed by atoms with E-state index in [-0.39, 0.29) is 23.8 Å². The summed E-state index contributed by atoms with van der Waals surface area (Å²) < 4.78 is 11.7. The molecule has 3 rings (SSSR count). The highest BCUT2D eigenvalue weighted by atomic mass is 16.5. The third kappa shape index (κ3) is 5.65. The smallest absolute Gasteiger partial charge is 0.261 e. The number of aromatic nitrogens is 3. The zero-order chi connectivity index (χ0) is 24.0. The minimum absolute atomic E-state index is 0.161. The lowest BCUT2D eigenvalue weighted by Crippen LogP contribution is -2.50. The van der Waals surface area contributed by atoms with E-state index in [1.165, 1.54) is 31.2 Å². The Labute approximate surface area is 190 Å². The van der Waals surface area contributed by atoms with E-state index in [0.717, 1.165) is 5.56 Å². The number of hydrogen-bond donors (Lipinski definition) is 2. The van der Waals surface area contributed by atoms with Crippen molar-refractivity contribution in [3.63, 3.8) is 0 Å². The Kier molecular flexibility index (Phi) is 7.60. The SMILES string of the molecule is COc1cc2ncn(CC(=O)NC(C(=O)NCc3cccnc3)C(C)C)c(=O)c2cc1OC. The van der Waals surface area contributed by atoms with Gasteiger partial charge in [-0.3, -0.25) is 23.9 Å². The average Bonchev–Trinajstić information content (AvgIpc) is 2.82. The molecular weight excluding hydrogens is 426 g/mol. The second-order valence-corrected chi connectivity index (χ2v) is 7.77. The van der Waals surface area contributed by atoms with Gasteiger partial charge in [0, 0.05) is 25.0 Å². The van der Waals surface area contributed by atoms with Gasteiger partial charge in [-0.25, -0.2) is 4.98 Å². The zero-order valence-corrected chi connectivity index (χ0v) is 19.0. The van der Waals surface area contributed by atoms with Gasteiger partial charge in [-0.2, -0.15) is 0 Å². The molecule has 2 amide bonds. The number of fused-ring (bicyclic) bond motifs is 1. The number of rotatable bonds is 9. The number of carbonyl (C=O) groups is 2. The Morgan fingerprint density at radius 2 is 1.88 bits per heavy atom. The van der Waals surface area contributed by atoms with Gasteiger partial charge in [-0.15, -0.1) is 0 Å². The summed E-state index contributed by atoms with van der Waals surface area (Å²) in [4.78, 5) is 46.5. The monoisotopic (exact) mass is 453 g/mol. The molecule has 3 aromatic rings. The number of carbonyl (C=O) groups excluding carboxylic acids is 2. The molecule has 33 heavy (non-hydrogen) atoms. The molecule has 2 aromatic heterocycles. The fraction of sp³-hybridized carbons (Fsp3) is 0.348. The number of methoxy groups -OCH3 is 2. The maximum absolute atomic E-state index is 12.9. The standard InChI is InChI=1S/C23H27N5O5/c1-14(2)21(22(30)25-11-15-6-5-7-24-10-15)27-20(29)12-28-13-26-17-9-19(33-4)18(32-3)8-16(17)23(28)31/h5-10,13-14,21H,11-12H2,1-4H3,(H,25,30)(H,27,29). The van der Waals surface area contributed by atoms with Gasteiger partial charge in [-0.1, -0.05) is 19.9 Å². The molecule has 2 N–H and O–H groups in total. The zero-order valence-electron chi connectivity index (χ0n) is 19.0. The molecule has 1 unspecified atom stereocenters. The van der Waals surface area contributed by atoms with E-state index < -0.39 is 17.5 Å². The molecule has 10 heteroatoms. The molecule has 2 heterocycles. The summed E-state index contributed by atoms with van der Waals surface area (Å²) in [7, 11) is 2.96. The minimum Gasteiger partial charge on any atom is -0.493 e. The highest BCUT2D eigenvalue weighted by molar-refractivity contribution is 5.88. The van der Waals surface area contributed by atoms with Gasteiger partial charge < -0.3 is 20.1 Å².